The maximum atomic E-state index is 3.62. The largest absolute Gasteiger partial charge is 0.311 e. The molecular weight excluding hydrogens is 204 g/mol. The Bertz CT molecular complexity index is 171. The summed E-state index contributed by atoms with van der Waals surface area (Å²) in [6.07, 6.45) is 1.26. The van der Waals surface area contributed by atoms with Gasteiger partial charge in [0.1, 0.15) is 0 Å². The minimum absolute atomic E-state index is 0.248. The first-order chi connectivity index (χ1) is 7.03. The van der Waals surface area contributed by atoms with Crippen LogP contribution in [-0.2, 0) is 0 Å². The van der Waals surface area contributed by atoms with Crippen LogP contribution in [0.3, 0.4) is 0 Å². The predicted molar refractivity (Wildman–Crippen MR) is 70.7 cm³/mol. The second-order valence-corrected chi connectivity index (χ2v) is 6.57. The van der Waals surface area contributed by atoms with Crippen molar-refractivity contribution < 1.29 is 0 Å². The van der Waals surface area contributed by atoms with Crippen molar-refractivity contribution in [2.24, 2.45) is 0 Å². The Balaban J connectivity index is 2.34. The van der Waals surface area contributed by atoms with Gasteiger partial charge in [0.05, 0.1) is 0 Å². The molecule has 90 valence electrons. The summed E-state index contributed by atoms with van der Waals surface area (Å²) in [6.45, 7) is 12.7. The van der Waals surface area contributed by atoms with E-state index in [9.17, 15) is 0 Å². The average molecular weight is 230 g/mol. The van der Waals surface area contributed by atoms with Gasteiger partial charge in [-0.2, -0.15) is 11.8 Å². The number of hydrogen-bond donors (Lipinski definition) is 1. The highest BCUT2D eigenvalue weighted by Gasteiger charge is 2.20. The summed E-state index contributed by atoms with van der Waals surface area (Å²) in [5.74, 6) is 2.62. The van der Waals surface area contributed by atoms with E-state index in [0.29, 0.717) is 0 Å². The number of rotatable bonds is 4. The van der Waals surface area contributed by atoms with Crippen molar-refractivity contribution in [3.8, 4) is 0 Å². The number of nitrogens with one attached hydrogen (secondary N) is 1. The van der Waals surface area contributed by atoms with Gasteiger partial charge in [-0.25, -0.2) is 0 Å². The summed E-state index contributed by atoms with van der Waals surface area (Å²) >= 11 is 2.09. The fourth-order valence-electron chi connectivity index (χ4n) is 1.90. The third-order valence-corrected chi connectivity index (χ3v) is 3.84. The van der Waals surface area contributed by atoms with E-state index < -0.39 is 0 Å². The molecular formula is C12H26N2S. The lowest BCUT2D eigenvalue weighted by Crippen LogP contribution is -2.49. The van der Waals surface area contributed by atoms with Gasteiger partial charge in [-0.3, -0.25) is 4.90 Å². The molecule has 15 heavy (non-hydrogen) atoms. The van der Waals surface area contributed by atoms with Gasteiger partial charge >= 0.3 is 0 Å². The lowest BCUT2D eigenvalue weighted by molar-refractivity contribution is 0.194. The van der Waals surface area contributed by atoms with Crippen LogP contribution in [0.4, 0.5) is 0 Å². The molecule has 1 saturated heterocycles. The molecule has 1 unspecified atom stereocenters. The van der Waals surface area contributed by atoms with E-state index in [-0.39, 0.29) is 5.54 Å². The molecule has 3 heteroatoms. The minimum atomic E-state index is 0.248. The summed E-state index contributed by atoms with van der Waals surface area (Å²) in [4.78, 5) is 2.65. The molecule has 0 bridgehead atoms. The number of nitrogens with zero attached hydrogens (tertiary/aromatic N) is 1. The molecule has 1 rings (SSSR count). The summed E-state index contributed by atoms with van der Waals surface area (Å²) in [7, 11) is 0. The third kappa shape index (κ3) is 5.23. The normalized spacial score (nSPS) is 21.6. The second kappa shape index (κ2) is 6.12. The van der Waals surface area contributed by atoms with E-state index in [1.165, 1.54) is 31.0 Å². The third-order valence-electron chi connectivity index (χ3n) is 2.90. The van der Waals surface area contributed by atoms with Crippen LogP contribution in [0.5, 0.6) is 0 Å². The van der Waals surface area contributed by atoms with Crippen LogP contribution in [0.15, 0.2) is 0 Å². The molecule has 1 aliphatic heterocycles. The standard InChI is InChI=1S/C12H26N2S/c1-5-11(10-13-12(2,3)4)14-6-8-15-9-7-14/h11,13H,5-10H2,1-4H3. The van der Waals surface area contributed by atoms with E-state index in [2.05, 4.69) is 49.7 Å². The molecule has 1 N–H and O–H groups in total. The fourth-order valence-corrected chi connectivity index (χ4v) is 2.83. The molecule has 0 amide bonds. The zero-order valence-corrected chi connectivity index (χ0v) is 11.5. The Morgan fingerprint density at radius 1 is 1.27 bits per heavy atom. The molecule has 1 heterocycles. The van der Waals surface area contributed by atoms with Crippen LogP contribution in [0.1, 0.15) is 34.1 Å². The molecule has 0 aromatic carbocycles. The van der Waals surface area contributed by atoms with Gasteiger partial charge in [-0.05, 0) is 27.2 Å². The van der Waals surface area contributed by atoms with Crippen LogP contribution in [0.2, 0.25) is 0 Å². The molecule has 0 aromatic rings. The Kier molecular flexibility index (Phi) is 5.44. The van der Waals surface area contributed by atoms with E-state index in [4.69, 9.17) is 0 Å². The molecule has 0 spiro atoms. The van der Waals surface area contributed by atoms with E-state index in [0.717, 1.165) is 12.6 Å². The van der Waals surface area contributed by atoms with Crippen molar-refractivity contribution in [3.05, 3.63) is 0 Å². The number of hydrogen-bond acceptors (Lipinski definition) is 3. The lowest BCUT2D eigenvalue weighted by atomic mass is 10.1. The highest BCUT2D eigenvalue weighted by Crippen LogP contribution is 2.14. The maximum Gasteiger partial charge on any atom is 0.0218 e. The number of thioether (sulfide) groups is 1. The molecule has 0 aromatic heterocycles. The van der Waals surface area contributed by atoms with Crippen LogP contribution in [-0.4, -0.2) is 47.6 Å². The Hall–Kier alpha value is 0.270. The van der Waals surface area contributed by atoms with Gasteiger partial charge in [0.15, 0.2) is 0 Å². The van der Waals surface area contributed by atoms with Crippen molar-refractivity contribution in [2.45, 2.75) is 45.7 Å². The summed E-state index contributed by atoms with van der Waals surface area (Å²) < 4.78 is 0. The Morgan fingerprint density at radius 3 is 2.33 bits per heavy atom. The Labute approximate surface area is 99.2 Å². The fraction of sp³-hybridized carbons (Fsp3) is 1.00. The minimum Gasteiger partial charge on any atom is -0.311 e. The quantitative estimate of drug-likeness (QED) is 0.797. The van der Waals surface area contributed by atoms with Crippen molar-refractivity contribution in [3.63, 3.8) is 0 Å². The van der Waals surface area contributed by atoms with E-state index in [1.807, 2.05) is 0 Å². The molecule has 2 nitrogen and oxygen atoms in total. The van der Waals surface area contributed by atoms with Crippen LogP contribution < -0.4 is 5.32 Å². The lowest BCUT2D eigenvalue weighted by Gasteiger charge is -2.35. The van der Waals surface area contributed by atoms with Crippen molar-refractivity contribution in [2.75, 3.05) is 31.1 Å². The topological polar surface area (TPSA) is 15.3 Å². The first-order valence-corrected chi connectivity index (χ1v) is 7.25. The first kappa shape index (κ1) is 13.3. The second-order valence-electron chi connectivity index (χ2n) is 5.34. The van der Waals surface area contributed by atoms with Gasteiger partial charge in [0, 0.05) is 42.7 Å². The van der Waals surface area contributed by atoms with Crippen LogP contribution >= 0.6 is 11.8 Å². The van der Waals surface area contributed by atoms with Crippen molar-refractivity contribution in [1.29, 1.82) is 0 Å². The summed E-state index contributed by atoms with van der Waals surface area (Å²) in [5.41, 5.74) is 0.248. The van der Waals surface area contributed by atoms with Crippen LogP contribution in [0.25, 0.3) is 0 Å². The van der Waals surface area contributed by atoms with E-state index >= 15 is 0 Å². The van der Waals surface area contributed by atoms with Gasteiger partial charge < -0.3 is 5.32 Å². The molecule has 0 radical (unpaired) electrons. The first-order valence-electron chi connectivity index (χ1n) is 6.10. The monoisotopic (exact) mass is 230 g/mol. The molecule has 0 saturated carbocycles. The highest BCUT2D eigenvalue weighted by atomic mass is 32.2. The molecule has 1 atom stereocenters. The smallest absolute Gasteiger partial charge is 0.0218 e. The van der Waals surface area contributed by atoms with Crippen molar-refractivity contribution in [1.82, 2.24) is 10.2 Å². The SMILES string of the molecule is CCC(CNC(C)(C)C)N1CCSCC1. The predicted octanol–water partition coefficient (Wildman–Crippen LogP) is 2.20. The maximum absolute atomic E-state index is 3.62. The van der Waals surface area contributed by atoms with Crippen LogP contribution in [0, 0.1) is 0 Å². The zero-order chi connectivity index (χ0) is 11.3. The van der Waals surface area contributed by atoms with Gasteiger partial charge in [-0.15, -0.1) is 0 Å². The van der Waals surface area contributed by atoms with E-state index in [1.54, 1.807) is 0 Å². The summed E-state index contributed by atoms with van der Waals surface area (Å²) in [5, 5.41) is 3.62. The molecule has 1 fully saturated rings. The summed E-state index contributed by atoms with van der Waals surface area (Å²) in [6, 6.07) is 0.727. The average Bonchev–Trinajstić information content (AvgIpc) is 2.19. The zero-order valence-electron chi connectivity index (χ0n) is 10.7. The molecule has 0 aliphatic carbocycles. The van der Waals surface area contributed by atoms with Gasteiger partial charge in [0.2, 0.25) is 0 Å². The molecule has 1 aliphatic rings. The highest BCUT2D eigenvalue weighted by molar-refractivity contribution is 7.99. The van der Waals surface area contributed by atoms with Crippen molar-refractivity contribution >= 4 is 11.8 Å². The van der Waals surface area contributed by atoms with Gasteiger partial charge in [-0.1, -0.05) is 6.92 Å². The van der Waals surface area contributed by atoms with Gasteiger partial charge in [0.25, 0.3) is 0 Å². The Morgan fingerprint density at radius 2 is 1.87 bits per heavy atom.